The Hall–Kier alpha value is -2.72. The second kappa shape index (κ2) is 5.48. The maximum absolute atomic E-state index is 12.4. The number of nitrogens with one attached hydrogen (secondary N) is 1. The summed E-state index contributed by atoms with van der Waals surface area (Å²) in [6.07, 6.45) is 0. The maximum atomic E-state index is 12.4. The number of thiophene rings is 1. The highest BCUT2D eigenvalue weighted by molar-refractivity contribution is 7.21. The molecular weight excluding hydrogens is 304 g/mol. The van der Waals surface area contributed by atoms with Crippen LogP contribution in [0.5, 0.6) is 0 Å². The molecule has 0 amide bonds. The van der Waals surface area contributed by atoms with E-state index in [1.165, 1.54) is 0 Å². The fraction of sp³-hybridized carbons (Fsp3) is 0.0526. The molecule has 0 radical (unpaired) electrons. The molecule has 0 unspecified atom stereocenters. The average molecular weight is 318 g/mol. The Bertz CT molecular complexity index is 1050. The second-order valence-electron chi connectivity index (χ2n) is 5.48. The van der Waals surface area contributed by atoms with Crippen LogP contribution in [0.1, 0.15) is 5.56 Å². The first-order valence-corrected chi connectivity index (χ1v) is 8.19. The van der Waals surface area contributed by atoms with Crippen LogP contribution >= 0.6 is 11.3 Å². The molecule has 0 saturated carbocycles. The number of hydrogen-bond acceptors (Lipinski definition) is 3. The first-order chi connectivity index (χ1) is 11.2. The minimum atomic E-state index is -0.0927. The molecule has 0 aliphatic carbocycles. The van der Waals surface area contributed by atoms with Gasteiger partial charge in [-0.1, -0.05) is 54.1 Å². The Morgan fingerprint density at radius 2 is 1.74 bits per heavy atom. The van der Waals surface area contributed by atoms with Crippen molar-refractivity contribution >= 4 is 21.6 Å². The van der Waals surface area contributed by atoms with Crippen molar-refractivity contribution in [1.82, 2.24) is 9.97 Å². The molecule has 0 fully saturated rings. The molecule has 4 heteroatoms. The minimum Gasteiger partial charge on any atom is -0.306 e. The highest BCUT2D eigenvalue weighted by Crippen LogP contribution is 2.31. The van der Waals surface area contributed by atoms with E-state index in [1.807, 2.05) is 67.6 Å². The van der Waals surface area contributed by atoms with Crippen LogP contribution in [-0.2, 0) is 0 Å². The van der Waals surface area contributed by atoms with Crippen molar-refractivity contribution in [2.75, 3.05) is 0 Å². The molecule has 2 aromatic carbocycles. The summed E-state index contributed by atoms with van der Waals surface area (Å²) in [4.78, 5) is 21.8. The molecule has 0 aliphatic heterocycles. The van der Waals surface area contributed by atoms with E-state index < -0.39 is 0 Å². The molecule has 4 rings (SSSR count). The summed E-state index contributed by atoms with van der Waals surface area (Å²) in [7, 11) is 0. The third-order valence-corrected chi connectivity index (χ3v) is 4.83. The number of H-pyrrole nitrogens is 1. The molecule has 2 heterocycles. The van der Waals surface area contributed by atoms with Gasteiger partial charge in [-0.05, 0) is 24.6 Å². The normalized spacial score (nSPS) is 11.0. The van der Waals surface area contributed by atoms with Gasteiger partial charge in [-0.15, -0.1) is 11.3 Å². The molecular formula is C19H14N2OS. The molecule has 3 nitrogen and oxygen atoms in total. The Kier molecular flexibility index (Phi) is 3.32. The second-order valence-corrected chi connectivity index (χ2v) is 6.51. The van der Waals surface area contributed by atoms with Crippen LogP contribution in [0.15, 0.2) is 65.5 Å². The average Bonchev–Trinajstić information content (AvgIpc) is 3.00. The Morgan fingerprint density at radius 3 is 2.52 bits per heavy atom. The zero-order valence-corrected chi connectivity index (χ0v) is 13.4. The lowest BCUT2D eigenvalue weighted by molar-refractivity contribution is 1.19. The number of nitrogens with zero attached hydrogens (tertiary/aromatic N) is 1. The van der Waals surface area contributed by atoms with Crippen LogP contribution in [0, 0.1) is 6.92 Å². The Labute approximate surface area is 137 Å². The number of aromatic nitrogens is 2. The first kappa shape index (κ1) is 13.9. The SMILES string of the molecule is Cc1cccc(-c2nc3sc(-c4ccccc4)cc3c(=O)[nH]2)c1. The van der Waals surface area contributed by atoms with E-state index in [-0.39, 0.29) is 5.56 Å². The van der Waals surface area contributed by atoms with Crippen molar-refractivity contribution in [1.29, 1.82) is 0 Å². The zero-order valence-electron chi connectivity index (χ0n) is 12.5. The molecule has 0 aliphatic rings. The fourth-order valence-electron chi connectivity index (χ4n) is 2.61. The molecule has 0 atom stereocenters. The molecule has 0 spiro atoms. The van der Waals surface area contributed by atoms with E-state index in [0.29, 0.717) is 11.2 Å². The maximum Gasteiger partial charge on any atom is 0.259 e. The molecule has 0 bridgehead atoms. The van der Waals surface area contributed by atoms with E-state index in [0.717, 1.165) is 26.4 Å². The van der Waals surface area contributed by atoms with Gasteiger partial charge in [0, 0.05) is 10.4 Å². The Balaban J connectivity index is 1.89. The quantitative estimate of drug-likeness (QED) is 0.586. The number of benzene rings is 2. The molecule has 2 aromatic heterocycles. The molecule has 1 N–H and O–H groups in total. The van der Waals surface area contributed by atoms with E-state index in [1.54, 1.807) is 11.3 Å². The summed E-state index contributed by atoms with van der Waals surface area (Å²) < 4.78 is 0. The lowest BCUT2D eigenvalue weighted by atomic mass is 10.1. The predicted octanol–water partition coefficient (Wildman–Crippen LogP) is 4.63. The van der Waals surface area contributed by atoms with Crippen molar-refractivity contribution in [3.63, 3.8) is 0 Å². The summed E-state index contributed by atoms with van der Waals surface area (Å²) in [5.41, 5.74) is 3.08. The van der Waals surface area contributed by atoms with Gasteiger partial charge in [-0.3, -0.25) is 4.79 Å². The molecule has 23 heavy (non-hydrogen) atoms. The van der Waals surface area contributed by atoms with E-state index in [9.17, 15) is 4.79 Å². The summed E-state index contributed by atoms with van der Waals surface area (Å²) in [5, 5.41) is 0.644. The van der Waals surface area contributed by atoms with Crippen LogP contribution < -0.4 is 5.56 Å². The predicted molar refractivity (Wildman–Crippen MR) is 95.8 cm³/mol. The van der Waals surface area contributed by atoms with Gasteiger partial charge in [0.25, 0.3) is 5.56 Å². The third-order valence-electron chi connectivity index (χ3n) is 3.75. The monoisotopic (exact) mass is 318 g/mol. The van der Waals surface area contributed by atoms with Crippen molar-refractivity contribution in [2.24, 2.45) is 0 Å². The third kappa shape index (κ3) is 2.58. The van der Waals surface area contributed by atoms with Gasteiger partial charge >= 0.3 is 0 Å². The van der Waals surface area contributed by atoms with Crippen molar-refractivity contribution in [3.8, 4) is 21.8 Å². The topological polar surface area (TPSA) is 45.8 Å². The van der Waals surface area contributed by atoms with Crippen molar-refractivity contribution < 1.29 is 0 Å². The van der Waals surface area contributed by atoms with E-state index in [4.69, 9.17) is 0 Å². The lowest BCUT2D eigenvalue weighted by Crippen LogP contribution is -2.07. The Morgan fingerprint density at radius 1 is 0.957 bits per heavy atom. The number of aromatic amines is 1. The van der Waals surface area contributed by atoms with Crippen LogP contribution in [-0.4, -0.2) is 9.97 Å². The minimum absolute atomic E-state index is 0.0927. The summed E-state index contributed by atoms with van der Waals surface area (Å²) in [6.45, 7) is 2.03. The summed E-state index contributed by atoms with van der Waals surface area (Å²) in [6, 6.07) is 20.0. The van der Waals surface area contributed by atoms with Gasteiger partial charge < -0.3 is 4.98 Å². The van der Waals surface area contributed by atoms with Gasteiger partial charge in [0.1, 0.15) is 10.7 Å². The van der Waals surface area contributed by atoms with Gasteiger partial charge in [0.15, 0.2) is 0 Å². The van der Waals surface area contributed by atoms with Gasteiger partial charge in [-0.25, -0.2) is 4.98 Å². The fourth-order valence-corrected chi connectivity index (χ4v) is 3.64. The number of hydrogen-bond donors (Lipinski definition) is 1. The van der Waals surface area contributed by atoms with Gasteiger partial charge in [0.05, 0.1) is 5.39 Å². The van der Waals surface area contributed by atoms with E-state index >= 15 is 0 Å². The summed E-state index contributed by atoms with van der Waals surface area (Å²) >= 11 is 1.55. The highest BCUT2D eigenvalue weighted by Gasteiger charge is 2.11. The van der Waals surface area contributed by atoms with Crippen LogP contribution in [0.2, 0.25) is 0 Å². The van der Waals surface area contributed by atoms with Gasteiger partial charge in [-0.2, -0.15) is 0 Å². The van der Waals surface area contributed by atoms with Crippen LogP contribution in [0.25, 0.3) is 32.0 Å². The number of fused-ring (bicyclic) bond motifs is 1. The molecule has 4 aromatic rings. The first-order valence-electron chi connectivity index (χ1n) is 7.37. The number of aryl methyl sites for hydroxylation is 1. The number of rotatable bonds is 2. The molecule has 112 valence electrons. The lowest BCUT2D eigenvalue weighted by Gasteiger charge is -2.01. The standard InChI is InChI=1S/C19H14N2OS/c1-12-6-5-9-14(10-12)17-20-18(22)15-11-16(23-19(15)21-17)13-7-3-2-4-8-13/h2-11H,1H3,(H,20,21,22). The van der Waals surface area contributed by atoms with Gasteiger partial charge in [0.2, 0.25) is 0 Å². The van der Waals surface area contributed by atoms with E-state index in [2.05, 4.69) is 9.97 Å². The largest absolute Gasteiger partial charge is 0.306 e. The summed E-state index contributed by atoms with van der Waals surface area (Å²) in [5.74, 6) is 0.618. The molecule has 0 saturated heterocycles. The van der Waals surface area contributed by atoms with Crippen LogP contribution in [0.3, 0.4) is 0 Å². The van der Waals surface area contributed by atoms with Crippen LogP contribution in [0.4, 0.5) is 0 Å². The zero-order chi connectivity index (χ0) is 15.8. The van der Waals surface area contributed by atoms with Crippen molar-refractivity contribution in [3.05, 3.63) is 76.6 Å². The highest BCUT2D eigenvalue weighted by atomic mass is 32.1. The van der Waals surface area contributed by atoms with Crippen molar-refractivity contribution in [2.45, 2.75) is 6.92 Å². The smallest absolute Gasteiger partial charge is 0.259 e.